The average Bonchev–Trinajstić information content (AvgIpc) is 2.64. The summed E-state index contributed by atoms with van der Waals surface area (Å²) in [7, 11) is 0. The Hall–Kier alpha value is -2.04. The molecule has 1 N–H and O–H groups in total. The first-order chi connectivity index (χ1) is 7.20. The number of halogens is 1. The number of rotatable bonds is 2. The number of H-pyrrole nitrogens is 1. The van der Waals surface area contributed by atoms with Gasteiger partial charge in [-0.15, -0.1) is 0 Å². The zero-order valence-corrected chi connectivity index (χ0v) is 7.99. The third-order valence-corrected chi connectivity index (χ3v) is 2.06. The molecule has 76 valence electrons. The molecule has 0 aliphatic rings. The van der Waals surface area contributed by atoms with Gasteiger partial charge in [-0.2, -0.15) is 9.49 Å². The Morgan fingerprint density at radius 3 is 2.93 bits per heavy atom. The van der Waals surface area contributed by atoms with E-state index in [0.717, 1.165) is 0 Å². The zero-order chi connectivity index (χ0) is 10.8. The number of aryl methyl sites for hydroxylation is 1. The topological polar surface area (TPSA) is 58.6 Å². The lowest BCUT2D eigenvalue weighted by molar-refractivity contribution is 0.102. The van der Waals surface area contributed by atoms with E-state index in [1.54, 1.807) is 6.92 Å². The first-order valence-electron chi connectivity index (χ1n) is 4.35. The normalized spacial score (nSPS) is 10.3. The van der Waals surface area contributed by atoms with Crippen molar-refractivity contribution in [3.63, 3.8) is 0 Å². The van der Waals surface area contributed by atoms with Gasteiger partial charge >= 0.3 is 0 Å². The van der Waals surface area contributed by atoms with E-state index in [4.69, 9.17) is 0 Å². The van der Waals surface area contributed by atoms with E-state index in [1.807, 2.05) is 0 Å². The monoisotopic (exact) mass is 205 g/mol. The molecular formula is C10H8FN3O. The second-order valence-electron chi connectivity index (χ2n) is 3.10. The van der Waals surface area contributed by atoms with Crippen LogP contribution >= 0.6 is 0 Å². The molecule has 0 atom stereocenters. The van der Waals surface area contributed by atoms with Gasteiger partial charge in [-0.05, 0) is 24.6 Å². The van der Waals surface area contributed by atoms with Crippen LogP contribution in [0.1, 0.15) is 21.6 Å². The minimum atomic E-state index is -0.767. The van der Waals surface area contributed by atoms with Crippen LogP contribution in [0.25, 0.3) is 0 Å². The highest BCUT2D eigenvalue weighted by Gasteiger charge is 2.17. The van der Waals surface area contributed by atoms with Crippen molar-refractivity contribution in [1.29, 1.82) is 0 Å². The summed E-state index contributed by atoms with van der Waals surface area (Å²) in [6, 6.07) is 2.91. The number of hydrogen-bond donors (Lipinski definition) is 1. The smallest absolute Gasteiger partial charge is 0.224 e. The quantitative estimate of drug-likeness (QED) is 0.596. The van der Waals surface area contributed by atoms with Crippen LogP contribution < -0.4 is 0 Å². The standard InChI is InChI=1S/C10H8FN3O/c1-6-5-13-14-8(6)9(15)7-3-2-4-12-10(7)11/h2-5H,1H3,(H,13,14). The van der Waals surface area contributed by atoms with Crippen molar-refractivity contribution < 1.29 is 9.18 Å². The molecule has 5 heteroatoms. The van der Waals surface area contributed by atoms with Gasteiger partial charge in [0.2, 0.25) is 11.7 Å². The predicted molar refractivity (Wildman–Crippen MR) is 51.0 cm³/mol. The lowest BCUT2D eigenvalue weighted by Gasteiger charge is -1.99. The fraction of sp³-hybridized carbons (Fsp3) is 0.100. The molecule has 2 heterocycles. The summed E-state index contributed by atoms with van der Waals surface area (Å²) in [6.45, 7) is 1.73. The van der Waals surface area contributed by atoms with E-state index in [1.165, 1.54) is 24.5 Å². The number of carbonyl (C=O) groups excluding carboxylic acids is 1. The third-order valence-electron chi connectivity index (χ3n) is 2.06. The van der Waals surface area contributed by atoms with Gasteiger partial charge in [0, 0.05) is 6.20 Å². The molecule has 0 bridgehead atoms. The van der Waals surface area contributed by atoms with Crippen molar-refractivity contribution >= 4 is 5.78 Å². The van der Waals surface area contributed by atoms with Gasteiger partial charge in [0.05, 0.1) is 11.8 Å². The maximum Gasteiger partial charge on any atom is 0.224 e. The lowest BCUT2D eigenvalue weighted by Crippen LogP contribution is -2.07. The molecule has 2 rings (SSSR count). The van der Waals surface area contributed by atoms with Gasteiger partial charge in [-0.3, -0.25) is 9.89 Å². The van der Waals surface area contributed by atoms with Crippen molar-refractivity contribution in [3.8, 4) is 0 Å². The highest BCUT2D eigenvalue weighted by Crippen LogP contribution is 2.12. The Balaban J connectivity index is 2.46. The van der Waals surface area contributed by atoms with Gasteiger partial charge in [0.25, 0.3) is 0 Å². The molecule has 2 aromatic rings. The van der Waals surface area contributed by atoms with Gasteiger partial charge in [-0.1, -0.05) is 0 Å². The number of aromatic amines is 1. The predicted octanol–water partition coefficient (Wildman–Crippen LogP) is 1.48. The number of aromatic nitrogens is 3. The largest absolute Gasteiger partial charge is 0.287 e. The molecule has 0 spiro atoms. The summed E-state index contributed by atoms with van der Waals surface area (Å²) in [5.74, 6) is -1.20. The molecule has 0 saturated carbocycles. The molecule has 0 aromatic carbocycles. The molecule has 0 unspecified atom stereocenters. The van der Waals surface area contributed by atoms with Crippen LogP contribution in [-0.2, 0) is 0 Å². The molecule has 0 aliphatic heterocycles. The number of pyridine rings is 1. The minimum absolute atomic E-state index is 0.0511. The fourth-order valence-corrected chi connectivity index (χ4v) is 1.27. The average molecular weight is 205 g/mol. The Morgan fingerprint density at radius 2 is 2.33 bits per heavy atom. The summed E-state index contributed by atoms with van der Waals surface area (Å²) in [5, 5.41) is 6.25. The van der Waals surface area contributed by atoms with Crippen molar-refractivity contribution in [2.24, 2.45) is 0 Å². The number of ketones is 1. The van der Waals surface area contributed by atoms with Crippen LogP contribution in [-0.4, -0.2) is 21.0 Å². The summed E-state index contributed by atoms with van der Waals surface area (Å²) < 4.78 is 13.2. The van der Waals surface area contributed by atoms with Crippen molar-refractivity contribution in [1.82, 2.24) is 15.2 Å². The Morgan fingerprint density at radius 1 is 1.53 bits per heavy atom. The SMILES string of the molecule is Cc1cn[nH]c1C(=O)c1cccnc1F. The molecule has 15 heavy (non-hydrogen) atoms. The number of hydrogen-bond acceptors (Lipinski definition) is 3. The Labute approximate surface area is 85.2 Å². The van der Waals surface area contributed by atoms with E-state index in [2.05, 4.69) is 15.2 Å². The van der Waals surface area contributed by atoms with Crippen molar-refractivity contribution in [3.05, 3.63) is 47.3 Å². The molecule has 4 nitrogen and oxygen atoms in total. The maximum atomic E-state index is 13.2. The summed E-state index contributed by atoms with van der Waals surface area (Å²) in [6.07, 6.45) is 2.81. The molecule has 2 aromatic heterocycles. The first-order valence-corrected chi connectivity index (χ1v) is 4.35. The zero-order valence-electron chi connectivity index (χ0n) is 7.99. The van der Waals surface area contributed by atoms with Crippen LogP contribution in [0.15, 0.2) is 24.5 Å². The summed E-state index contributed by atoms with van der Waals surface area (Å²) >= 11 is 0. The first kappa shape index (κ1) is 9.51. The van der Waals surface area contributed by atoms with Crippen LogP contribution in [0.3, 0.4) is 0 Å². The number of carbonyl (C=O) groups is 1. The van der Waals surface area contributed by atoms with Crippen LogP contribution in [0.4, 0.5) is 4.39 Å². The Kier molecular flexibility index (Phi) is 2.29. The lowest BCUT2D eigenvalue weighted by atomic mass is 10.1. The maximum absolute atomic E-state index is 13.2. The van der Waals surface area contributed by atoms with E-state index in [0.29, 0.717) is 11.3 Å². The molecule has 0 fully saturated rings. The van der Waals surface area contributed by atoms with E-state index >= 15 is 0 Å². The van der Waals surface area contributed by atoms with Crippen LogP contribution in [0.5, 0.6) is 0 Å². The fourth-order valence-electron chi connectivity index (χ4n) is 1.27. The third kappa shape index (κ3) is 1.63. The van der Waals surface area contributed by atoms with Crippen LogP contribution in [0, 0.1) is 12.9 Å². The molecule has 0 amide bonds. The minimum Gasteiger partial charge on any atom is -0.287 e. The second kappa shape index (κ2) is 3.61. The highest BCUT2D eigenvalue weighted by atomic mass is 19.1. The second-order valence-corrected chi connectivity index (χ2v) is 3.10. The van der Waals surface area contributed by atoms with E-state index < -0.39 is 11.7 Å². The Bertz CT molecular complexity index is 507. The number of nitrogens with one attached hydrogen (secondary N) is 1. The van der Waals surface area contributed by atoms with Crippen molar-refractivity contribution in [2.75, 3.05) is 0 Å². The van der Waals surface area contributed by atoms with Crippen molar-refractivity contribution in [2.45, 2.75) is 6.92 Å². The molecule has 0 radical (unpaired) electrons. The van der Waals surface area contributed by atoms with Gasteiger partial charge in [-0.25, -0.2) is 4.98 Å². The summed E-state index contributed by atoms with van der Waals surface area (Å²) in [5.41, 5.74) is 0.926. The van der Waals surface area contributed by atoms with E-state index in [-0.39, 0.29) is 5.56 Å². The van der Waals surface area contributed by atoms with Gasteiger partial charge < -0.3 is 0 Å². The summed E-state index contributed by atoms with van der Waals surface area (Å²) in [4.78, 5) is 15.2. The molecule has 0 aliphatic carbocycles. The van der Waals surface area contributed by atoms with Gasteiger partial charge in [0.15, 0.2) is 0 Å². The highest BCUT2D eigenvalue weighted by molar-refractivity contribution is 6.08. The number of nitrogens with zero attached hydrogens (tertiary/aromatic N) is 2. The molecule has 0 saturated heterocycles. The van der Waals surface area contributed by atoms with Gasteiger partial charge in [0.1, 0.15) is 5.69 Å². The van der Waals surface area contributed by atoms with E-state index in [9.17, 15) is 9.18 Å². The van der Waals surface area contributed by atoms with Crippen LogP contribution in [0.2, 0.25) is 0 Å². The molecular weight excluding hydrogens is 197 g/mol.